The van der Waals surface area contributed by atoms with Crippen LogP contribution in [0.25, 0.3) is 0 Å². The molecular weight excluding hydrogens is 184 g/mol. The van der Waals surface area contributed by atoms with Gasteiger partial charge in [0.2, 0.25) is 0 Å². The molecule has 1 aliphatic carbocycles. The van der Waals surface area contributed by atoms with Crippen molar-refractivity contribution in [2.45, 2.75) is 58.5 Å². The third kappa shape index (κ3) is 2.66. The first-order chi connectivity index (χ1) is 6.56. The highest BCUT2D eigenvalue weighted by Crippen LogP contribution is 2.34. The number of nitrogens with one attached hydrogen (secondary N) is 1. The second-order valence-electron chi connectivity index (χ2n) is 4.50. The van der Waals surface area contributed by atoms with Gasteiger partial charge in [-0.3, -0.25) is 0 Å². The Hall–Kier alpha value is -0.180. The van der Waals surface area contributed by atoms with Crippen molar-refractivity contribution in [3.63, 3.8) is 0 Å². The van der Waals surface area contributed by atoms with E-state index in [4.69, 9.17) is 0 Å². The van der Waals surface area contributed by atoms with Gasteiger partial charge < -0.3 is 5.32 Å². The largest absolute Gasteiger partial charge is 0.306 e. The van der Waals surface area contributed by atoms with Gasteiger partial charge in [0.1, 0.15) is 0 Å². The summed E-state index contributed by atoms with van der Waals surface area (Å²) in [4.78, 5) is 0. The Labute approximate surface area is 85.3 Å². The zero-order valence-corrected chi connectivity index (χ0v) is 9.26. The van der Waals surface area contributed by atoms with E-state index in [1.54, 1.807) is 6.92 Å². The van der Waals surface area contributed by atoms with Crippen LogP contribution in [-0.4, -0.2) is 18.5 Å². The summed E-state index contributed by atoms with van der Waals surface area (Å²) in [5.74, 6) is 1.26. The van der Waals surface area contributed by atoms with Crippen molar-refractivity contribution in [3.05, 3.63) is 0 Å². The number of hydrogen-bond donors (Lipinski definition) is 1. The Morgan fingerprint density at radius 1 is 1.36 bits per heavy atom. The maximum absolute atomic E-state index is 12.3. The van der Waals surface area contributed by atoms with E-state index in [1.807, 2.05) is 0 Å². The second-order valence-corrected chi connectivity index (χ2v) is 4.50. The van der Waals surface area contributed by atoms with Gasteiger partial charge in [-0.1, -0.05) is 20.3 Å². The highest BCUT2D eigenvalue weighted by Gasteiger charge is 2.33. The first-order valence-corrected chi connectivity index (χ1v) is 5.60. The summed E-state index contributed by atoms with van der Waals surface area (Å²) in [7, 11) is 0. The summed E-state index contributed by atoms with van der Waals surface area (Å²) in [6.45, 7) is 5.92. The Balaban J connectivity index is 2.39. The van der Waals surface area contributed by atoms with Crippen LogP contribution in [0, 0.1) is 11.8 Å². The number of halogens is 2. The zero-order valence-electron chi connectivity index (χ0n) is 9.26. The maximum Gasteiger partial charge on any atom is 0.253 e. The molecule has 0 radical (unpaired) electrons. The van der Waals surface area contributed by atoms with Crippen LogP contribution >= 0.6 is 0 Å². The third-order valence-electron chi connectivity index (χ3n) is 3.61. The second kappa shape index (κ2) is 5.06. The molecule has 1 nitrogen and oxygen atoms in total. The molecule has 0 aromatic carbocycles. The van der Waals surface area contributed by atoms with Gasteiger partial charge >= 0.3 is 0 Å². The summed E-state index contributed by atoms with van der Waals surface area (Å²) in [6, 6.07) is -0.373. The van der Waals surface area contributed by atoms with Crippen LogP contribution in [-0.2, 0) is 0 Å². The van der Waals surface area contributed by atoms with Crippen LogP contribution in [0.15, 0.2) is 0 Å². The average Bonchev–Trinajstić information content (AvgIpc) is 2.47. The van der Waals surface area contributed by atoms with Crippen molar-refractivity contribution in [1.82, 2.24) is 5.32 Å². The van der Waals surface area contributed by atoms with E-state index >= 15 is 0 Å². The molecule has 84 valence electrons. The van der Waals surface area contributed by atoms with E-state index < -0.39 is 12.5 Å². The van der Waals surface area contributed by atoms with E-state index in [2.05, 4.69) is 19.2 Å². The van der Waals surface area contributed by atoms with Crippen molar-refractivity contribution < 1.29 is 8.78 Å². The predicted molar refractivity (Wildman–Crippen MR) is 54.6 cm³/mol. The first-order valence-electron chi connectivity index (χ1n) is 5.60. The van der Waals surface area contributed by atoms with Crippen LogP contribution in [0.2, 0.25) is 0 Å². The highest BCUT2D eigenvalue weighted by atomic mass is 19.3. The summed E-state index contributed by atoms with van der Waals surface area (Å²) in [6.07, 6.45) is 1.16. The van der Waals surface area contributed by atoms with E-state index in [1.165, 1.54) is 12.8 Å². The lowest BCUT2D eigenvalue weighted by Crippen LogP contribution is -2.42. The number of rotatable bonds is 4. The molecule has 3 heteroatoms. The lowest BCUT2D eigenvalue weighted by atomic mass is 9.93. The van der Waals surface area contributed by atoms with Gasteiger partial charge in [0.05, 0.1) is 6.04 Å². The highest BCUT2D eigenvalue weighted by molar-refractivity contribution is 4.87. The predicted octanol–water partition coefficient (Wildman–Crippen LogP) is 3.05. The van der Waals surface area contributed by atoms with Gasteiger partial charge in [-0.15, -0.1) is 0 Å². The zero-order chi connectivity index (χ0) is 10.7. The van der Waals surface area contributed by atoms with E-state index in [-0.39, 0.29) is 0 Å². The van der Waals surface area contributed by atoms with Crippen molar-refractivity contribution in [1.29, 1.82) is 0 Å². The van der Waals surface area contributed by atoms with E-state index in [0.717, 1.165) is 12.3 Å². The van der Waals surface area contributed by atoms with Gasteiger partial charge in [0, 0.05) is 6.04 Å². The minimum absolute atomic E-state index is 0.295. The summed E-state index contributed by atoms with van der Waals surface area (Å²) in [5, 5.41) is 3.04. The van der Waals surface area contributed by atoms with E-state index in [9.17, 15) is 8.78 Å². The molecule has 0 amide bonds. The molecule has 1 N–H and O–H groups in total. The molecule has 0 heterocycles. The Kier molecular flexibility index (Phi) is 4.30. The van der Waals surface area contributed by atoms with Gasteiger partial charge in [-0.2, -0.15) is 0 Å². The standard InChI is InChI=1S/C11H21F2N/c1-4-9-5-6-10(7(9)2)14-8(3)11(12)13/h7-11,14H,4-6H2,1-3H3. The maximum atomic E-state index is 12.3. The lowest BCUT2D eigenvalue weighted by molar-refractivity contribution is 0.0960. The molecule has 0 aromatic rings. The van der Waals surface area contributed by atoms with Gasteiger partial charge in [-0.05, 0) is 31.6 Å². The number of hydrogen-bond acceptors (Lipinski definition) is 1. The van der Waals surface area contributed by atoms with Crippen LogP contribution in [0.5, 0.6) is 0 Å². The Morgan fingerprint density at radius 2 is 2.00 bits per heavy atom. The number of alkyl halides is 2. The van der Waals surface area contributed by atoms with Crippen molar-refractivity contribution in [3.8, 4) is 0 Å². The molecule has 1 aliphatic rings. The van der Waals surface area contributed by atoms with Gasteiger partial charge in [0.25, 0.3) is 6.43 Å². The minimum atomic E-state index is -2.25. The van der Waals surface area contributed by atoms with Crippen LogP contribution in [0.4, 0.5) is 8.78 Å². The van der Waals surface area contributed by atoms with Gasteiger partial charge in [0.15, 0.2) is 0 Å². The fraction of sp³-hybridized carbons (Fsp3) is 1.00. The molecule has 4 unspecified atom stereocenters. The molecule has 4 atom stereocenters. The van der Waals surface area contributed by atoms with E-state index in [0.29, 0.717) is 12.0 Å². The molecule has 14 heavy (non-hydrogen) atoms. The SMILES string of the molecule is CCC1CCC(NC(C)C(F)F)C1C. The van der Waals surface area contributed by atoms with Crippen LogP contribution < -0.4 is 5.32 Å². The molecule has 0 aliphatic heterocycles. The minimum Gasteiger partial charge on any atom is -0.306 e. The Bertz CT molecular complexity index is 173. The first kappa shape index (κ1) is 11.9. The summed E-state index contributed by atoms with van der Waals surface area (Å²) >= 11 is 0. The molecule has 1 fully saturated rings. The summed E-state index contributed by atoms with van der Waals surface area (Å²) in [5.41, 5.74) is 0. The topological polar surface area (TPSA) is 12.0 Å². The van der Waals surface area contributed by atoms with Crippen LogP contribution in [0.3, 0.4) is 0 Å². The van der Waals surface area contributed by atoms with Gasteiger partial charge in [-0.25, -0.2) is 8.78 Å². The van der Waals surface area contributed by atoms with Crippen molar-refractivity contribution in [2.24, 2.45) is 11.8 Å². The monoisotopic (exact) mass is 205 g/mol. The quantitative estimate of drug-likeness (QED) is 0.743. The normalized spacial score (nSPS) is 35.1. The molecule has 1 saturated carbocycles. The Morgan fingerprint density at radius 3 is 2.43 bits per heavy atom. The van der Waals surface area contributed by atoms with Crippen molar-refractivity contribution in [2.75, 3.05) is 0 Å². The third-order valence-corrected chi connectivity index (χ3v) is 3.61. The molecule has 0 saturated heterocycles. The lowest BCUT2D eigenvalue weighted by Gasteiger charge is -2.24. The molecule has 1 rings (SSSR count). The van der Waals surface area contributed by atoms with Crippen LogP contribution in [0.1, 0.15) is 40.0 Å². The average molecular weight is 205 g/mol. The smallest absolute Gasteiger partial charge is 0.253 e. The van der Waals surface area contributed by atoms with Crippen molar-refractivity contribution >= 4 is 0 Å². The molecule has 0 aromatic heterocycles. The molecule has 0 spiro atoms. The molecule has 0 bridgehead atoms. The molecular formula is C11H21F2N. The summed E-state index contributed by atoms with van der Waals surface area (Å²) < 4.78 is 24.7. The fourth-order valence-corrected chi connectivity index (χ4v) is 2.47. The fourth-order valence-electron chi connectivity index (χ4n) is 2.47.